The van der Waals surface area contributed by atoms with Gasteiger partial charge < -0.3 is 35.0 Å². The van der Waals surface area contributed by atoms with Crippen molar-refractivity contribution in [3.05, 3.63) is 0 Å². The van der Waals surface area contributed by atoms with Crippen LogP contribution in [-0.2, 0) is 14.3 Å². The first-order chi connectivity index (χ1) is 23.8. The maximum absolute atomic E-state index is 14.2. The van der Waals surface area contributed by atoms with Crippen LogP contribution in [0.1, 0.15) is 129 Å². The molecule has 0 aromatic carbocycles. The number of methoxy groups -OCH3 is 1. The Morgan fingerprint density at radius 2 is 1.73 bits per heavy atom. The number of nitrogens with two attached hydrogens (primary N) is 1. The van der Waals surface area contributed by atoms with E-state index in [4.69, 9.17) is 4.74 Å². The van der Waals surface area contributed by atoms with Crippen molar-refractivity contribution >= 4 is 11.6 Å². The molecule has 0 spiro atoms. The van der Waals surface area contributed by atoms with Crippen LogP contribution in [0.25, 0.3) is 0 Å². The van der Waals surface area contributed by atoms with E-state index in [0.717, 1.165) is 77.3 Å². The smallest absolute Gasteiger partial charge is 0.140 e. The number of piperidine rings is 1. The van der Waals surface area contributed by atoms with E-state index in [1.54, 1.807) is 7.11 Å². The van der Waals surface area contributed by atoms with E-state index in [0.29, 0.717) is 55.5 Å². The average Bonchev–Trinajstić information content (AvgIpc) is 3.28. The maximum Gasteiger partial charge on any atom is 0.140 e. The summed E-state index contributed by atoms with van der Waals surface area (Å²) in [7, 11) is 1.65. The molecule has 0 aromatic heterocycles. The average molecular weight is 685 g/mol. The van der Waals surface area contributed by atoms with E-state index in [9.17, 15) is 24.9 Å². The second-order valence-corrected chi connectivity index (χ2v) is 16.8. The number of ether oxygens (including phenoxy) is 1. The van der Waals surface area contributed by atoms with Gasteiger partial charge in [-0.1, -0.05) is 57.3 Å². The maximum atomic E-state index is 14.2. The molecule has 8 nitrogen and oxygen atoms in total. The highest BCUT2D eigenvalue weighted by Gasteiger charge is 2.44. The first kappa shape index (κ1) is 38.9. The van der Waals surface area contributed by atoms with Crippen molar-refractivity contribution in [2.45, 2.75) is 153 Å². The Kier molecular flexibility index (Phi) is 15.5. The molecule has 12 unspecified atom stereocenters. The lowest BCUT2D eigenvalue weighted by Crippen LogP contribution is -2.95. The van der Waals surface area contributed by atoms with E-state index >= 15 is 0 Å². The third-order valence-corrected chi connectivity index (χ3v) is 13.4. The van der Waals surface area contributed by atoms with Crippen LogP contribution in [0.15, 0.2) is 0 Å². The summed E-state index contributed by atoms with van der Waals surface area (Å²) >= 11 is 0. The Labute approximate surface area is 296 Å². The first-order valence-corrected chi connectivity index (χ1v) is 20.4. The lowest BCUT2D eigenvalue weighted by Gasteiger charge is -2.44. The summed E-state index contributed by atoms with van der Waals surface area (Å²) in [5, 5.41) is 40.2. The summed E-state index contributed by atoms with van der Waals surface area (Å²) in [6, 6.07) is 0. The Morgan fingerprint density at radius 3 is 2.49 bits per heavy atom. The van der Waals surface area contributed by atoms with E-state index in [2.05, 4.69) is 29.4 Å². The Bertz CT molecular complexity index is 1100. The highest BCUT2D eigenvalue weighted by molar-refractivity contribution is 6.05. The number of fused-ring (bicyclic) bond motifs is 2. The molecule has 3 saturated carbocycles. The zero-order valence-electron chi connectivity index (χ0n) is 30.7. The lowest BCUT2D eigenvalue weighted by atomic mass is 9.63. The summed E-state index contributed by atoms with van der Waals surface area (Å²) < 4.78 is 5.70. The fraction of sp³-hybridized carbons (Fsp3) is 0.902. The van der Waals surface area contributed by atoms with Crippen LogP contribution in [0, 0.1) is 65.1 Å². The molecule has 4 aliphatic carbocycles. The number of hydrogen-bond acceptors (Lipinski definition) is 7. The monoisotopic (exact) mass is 685 g/mol. The number of hydrogen-bond donors (Lipinski definition) is 4. The van der Waals surface area contributed by atoms with Gasteiger partial charge in [-0.2, -0.15) is 0 Å². The van der Waals surface area contributed by atoms with Gasteiger partial charge in [0.05, 0.1) is 18.8 Å². The van der Waals surface area contributed by atoms with Crippen molar-refractivity contribution < 1.29 is 35.0 Å². The van der Waals surface area contributed by atoms with E-state index in [1.807, 2.05) is 0 Å². The van der Waals surface area contributed by atoms with Crippen LogP contribution in [0.4, 0.5) is 0 Å². The van der Waals surface area contributed by atoms with Gasteiger partial charge in [0.1, 0.15) is 17.7 Å². The number of Topliss-reactive ketones (excluding diaryl/α,β-unsaturated/α-hetero) is 2. The zero-order valence-corrected chi connectivity index (χ0v) is 30.7. The number of rotatable bonds is 11. The zero-order chi connectivity index (χ0) is 34.8. The van der Waals surface area contributed by atoms with Crippen molar-refractivity contribution in [2.24, 2.45) is 53.3 Å². The molecule has 0 aromatic rings. The third-order valence-electron chi connectivity index (χ3n) is 13.4. The lowest BCUT2D eigenvalue weighted by molar-refractivity contribution is -0.705. The fourth-order valence-electron chi connectivity index (χ4n) is 10.8. The van der Waals surface area contributed by atoms with Gasteiger partial charge in [-0.05, 0) is 112 Å². The first-order valence-electron chi connectivity index (χ1n) is 20.4. The predicted octanol–water partition coefficient (Wildman–Crippen LogP) is 3.75. The molecule has 0 amide bonds. The summed E-state index contributed by atoms with van der Waals surface area (Å²) in [6.45, 7) is 4.35. The summed E-state index contributed by atoms with van der Waals surface area (Å²) in [4.78, 5) is 27.7. The Hall–Kier alpha value is -1.34. The van der Waals surface area contributed by atoms with Crippen molar-refractivity contribution in [3.63, 3.8) is 0 Å². The minimum atomic E-state index is -1.82. The van der Waals surface area contributed by atoms with Gasteiger partial charge in [0.25, 0.3) is 0 Å². The second-order valence-electron chi connectivity index (χ2n) is 16.8. The van der Waals surface area contributed by atoms with Gasteiger partial charge in [-0.3, -0.25) is 5.32 Å². The highest BCUT2D eigenvalue weighted by atomic mass is 16.5. The molecule has 49 heavy (non-hydrogen) atoms. The van der Waals surface area contributed by atoms with Crippen LogP contribution >= 0.6 is 0 Å². The minimum absolute atomic E-state index is 0.128. The Morgan fingerprint density at radius 1 is 0.918 bits per heavy atom. The number of aliphatic hydroxyl groups is 2. The standard InChI is InChI=1S/C41H67N2O6/c1-3-4-9-27-20-29(21-28-16-18-43-39(24-28)42-17-8-19-44)22-31-12-14-33(30-10-6-5-7-11-30)34-26-37(46)38(49-2)25-32(34)13-15-36(45)41(48)40(47)35(31)23-27/h27-35,37-39,41-44,46H,3-11,13,15-26H2,1-2H3/q-1/p+1. The minimum Gasteiger partial charge on any atom is -0.841 e. The van der Waals surface area contributed by atoms with Gasteiger partial charge in [0.15, 0.2) is 0 Å². The summed E-state index contributed by atoms with van der Waals surface area (Å²) in [5.74, 6) is 8.43. The van der Waals surface area contributed by atoms with Crippen molar-refractivity contribution in [3.8, 4) is 11.8 Å². The molecule has 0 bridgehead atoms. The topological polar surface area (TPSA) is 136 Å². The quantitative estimate of drug-likeness (QED) is 0.148. The SMILES string of the molecule is CCCCC1CC(CC2CC[NH2+]C(NCCCO)C2)CC2C#CC(C3CCCCC3)C3CC(O)C(OC)CC3CCC(=O)C([O-])C(=O)C2C1. The predicted molar refractivity (Wildman–Crippen MR) is 189 cm³/mol. The Balaban J connectivity index is 1.47. The van der Waals surface area contributed by atoms with Crippen LogP contribution in [0.2, 0.25) is 0 Å². The molecule has 0 radical (unpaired) electrons. The van der Waals surface area contributed by atoms with E-state index < -0.39 is 29.7 Å². The molecular weight excluding hydrogens is 616 g/mol. The molecule has 5 N–H and O–H groups in total. The number of carbonyl (C=O) groups is 2. The van der Waals surface area contributed by atoms with Crippen LogP contribution in [0.3, 0.4) is 0 Å². The van der Waals surface area contributed by atoms with Gasteiger partial charge in [0, 0.05) is 50.9 Å². The summed E-state index contributed by atoms with van der Waals surface area (Å²) in [6.07, 6.45) is 15.7. The van der Waals surface area contributed by atoms with E-state index in [-0.39, 0.29) is 42.8 Å². The van der Waals surface area contributed by atoms with Gasteiger partial charge in [0.2, 0.25) is 0 Å². The van der Waals surface area contributed by atoms with Gasteiger partial charge >= 0.3 is 0 Å². The number of nitrogens with one attached hydrogen (secondary N) is 1. The van der Waals surface area contributed by atoms with Gasteiger partial charge in [-0.25, -0.2) is 0 Å². The van der Waals surface area contributed by atoms with Crippen LogP contribution in [0.5, 0.6) is 0 Å². The third kappa shape index (κ3) is 10.6. The van der Waals surface area contributed by atoms with Crippen molar-refractivity contribution in [1.82, 2.24) is 5.32 Å². The molecule has 4 fully saturated rings. The molecule has 1 heterocycles. The molecule has 12 atom stereocenters. The number of carbonyl (C=O) groups excluding carboxylic acids is 2. The van der Waals surface area contributed by atoms with Crippen LogP contribution in [-0.4, -0.2) is 73.1 Å². The fourth-order valence-corrected chi connectivity index (χ4v) is 10.8. The molecule has 5 aliphatic rings. The molecule has 5 rings (SSSR count). The highest BCUT2D eigenvalue weighted by Crippen LogP contribution is 2.46. The molecule has 1 saturated heterocycles. The van der Waals surface area contributed by atoms with Crippen molar-refractivity contribution in [1.29, 1.82) is 0 Å². The largest absolute Gasteiger partial charge is 0.841 e. The molecule has 8 heteroatoms. The normalized spacial score (nSPS) is 39.8. The molecular formula is C41H68N2O6. The van der Waals surface area contributed by atoms with E-state index in [1.165, 1.54) is 25.7 Å². The molecule has 278 valence electrons. The molecule has 1 aliphatic heterocycles. The number of unbranched alkanes of at least 4 members (excludes halogenated alkanes) is 1. The number of quaternary nitrogens is 1. The second kappa shape index (κ2) is 19.5. The summed E-state index contributed by atoms with van der Waals surface area (Å²) in [5.41, 5.74) is 0. The number of ketones is 2. The van der Waals surface area contributed by atoms with Crippen molar-refractivity contribution in [2.75, 3.05) is 26.8 Å². The van der Waals surface area contributed by atoms with Gasteiger partial charge in [-0.15, -0.1) is 0 Å². The van der Waals surface area contributed by atoms with Crippen LogP contribution < -0.4 is 15.7 Å². The number of aliphatic hydroxyl groups excluding tert-OH is 2.